The van der Waals surface area contributed by atoms with Crippen molar-refractivity contribution in [1.29, 1.82) is 5.41 Å². The Bertz CT molecular complexity index is 1090. The number of nitrogens with zero attached hydrogens (tertiary/aromatic N) is 4. The molecule has 0 radical (unpaired) electrons. The fraction of sp³-hybridized carbons (Fsp3) is 0.333. The number of ether oxygens (including phenoxy) is 1. The number of hydrogen-bond donors (Lipinski definition) is 2. The molecular formula is C24H30N6O2S. The molecule has 0 aliphatic carbocycles. The van der Waals surface area contributed by atoms with Gasteiger partial charge in [0.2, 0.25) is 5.88 Å². The number of piperazine rings is 1. The number of thiazole rings is 1. The molecule has 0 saturated carbocycles. The summed E-state index contributed by atoms with van der Waals surface area (Å²) in [5, 5.41) is 8.87. The van der Waals surface area contributed by atoms with Gasteiger partial charge in [-0.3, -0.25) is 10.2 Å². The average Bonchev–Trinajstić information content (AvgIpc) is 3.27. The van der Waals surface area contributed by atoms with E-state index in [1.165, 1.54) is 44.6 Å². The molecule has 3 N–H and O–H groups in total. The highest BCUT2D eigenvalue weighted by molar-refractivity contribution is 7.17. The number of aldehydes is 1. The van der Waals surface area contributed by atoms with E-state index in [9.17, 15) is 4.79 Å². The molecule has 9 heteroatoms. The minimum Gasteiger partial charge on any atom is -0.481 e. The van der Waals surface area contributed by atoms with E-state index in [1.807, 2.05) is 19.1 Å². The minimum atomic E-state index is 0.196. The molecule has 1 aliphatic rings. The fourth-order valence-electron chi connectivity index (χ4n) is 3.28. The predicted molar refractivity (Wildman–Crippen MR) is 134 cm³/mol. The van der Waals surface area contributed by atoms with Gasteiger partial charge in [0.1, 0.15) is 10.7 Å². The molecule has 2 aromatic heterocycles. The number of nitrogens with two attached hydrogens (primary N) is 1. The Morgan fingerprint density at radius 1 is 1.15 bits per heavy atom. The number of aromatic nitrogens is 2. The van der Waals surface area contributed by atoms with Crippen molar-refractivity contribution in [3.63, 3.8) is 0 Å². The molecule has 8 nitrogen and oxygen atoms in total. The fourth-order valence-corrected chi connectivity index (χ4v) is 4.27. The zero-order valence-electron chi connectivity index (χ0n) is 19.5. The van der Waals surface area contributed by atoms with E-state index >= 15 is 0 Å². The van der Waals surface area contributed by atoms with E-state index in [0.29, 0.717) is 33.3 Å². The molecule has 0 unspecified atom stereocenters. The van der Waals surface area contributed by atoms with Gasteiger partial charge in [-0.2, -0.15) is 0 Å². The molecular weight excluding hydrogens is 436 g/mol. The Morgan fingerprint density at radius 3 is 2.36 bits per heavy atom. The highest BCUT2D eigenvalue weighted by Crippen LogP contribution is 2.32. The van der Waals surface area contributed by atoms with E-state index in [-0.39, 0.29) is 11.4 Å². The van der Waals surface area contributed by atoms with Crippen LogP contribution in [0.3, 0.4) is 0 Å². The minimum absolute atomic E-state index is 0.196. The molecule has 4 rings (SSSR count). The van der Waals surface area contributed by atoms with Crippen LogP contribution in [-0.4, -0.2) is 79.1 Å². The molecule has 0 bridgehead atoms. The van der Waals surface area contributed by atoms with Crippen LogP contribution in [0.4, 0.5) is 5.69 Å². The van der Waals surface area contributed by atoms with Crippen LogP contribution in [0.15, 0.2) is 36.5 Å². The number of carbonyl (C=O) groups excluding carboxylic acids is 1. The second-order valence-corrected chi connectivity index (χ2v) is 8.96. The van der Waals surface area contributed by atoms with E-state index in [2.05, 4.69) is 33.9 Å². The molecule has 174 valence electrons. The smallest absolute Gasteiger partial charge is 0.212 e. The third kappa shape index (κ3) is 6.01. The third-order valence-corrected chi connectivity index (χ3v) is 6.64. The first-order valence-electron chi connectivity index (χ1n) is 10.6. The summed E-state index contributed by atoms with van der Waals surface area (Å²) in [5.74, 6) is 0.487. The highest BCUT2D eigenvalue weighted by Gasteiger charge is 2.18. The van der Waals surface area contributed by atoms with Crippen molar-refractivity contribution in [2.45, 2.75) is 6.92 Å². The lowest BCUT2D eigenvalue weighted by molar-refractivity contribution is 0.112. The van der Waals surface area contributed by atoms with Crippen LogP contribution in [0.5, 0.6) is 5.88 Å². The largest absolute Gasteiger partial charge is 0.481 e. The van der Waals surface area contributed by atoms with Crippen molar-refractivity contribution in [1.82, 2.24) is 19.8 Å². The van der Waals surface area contributed by atoms with Crippen molar-refractivity contribution in [2.24, 2.45) is 0 Å². The Kier molecular flexibility index (Phi) is 8.26. The topological polar surface area (TPSA) is 108 Å². The van der Waals surface area contributed by atoms with Crippen LogP contribution in [-0.2, 0) is 0 Å². The van der Waals surface area contributed by atoms with Crippen LogP contribution < -0.4 is 10.5 Å². The summed E-state index contributed by atoms with van der Waals surface area (Å²) in [6, 6.07) is 9.03. The van der Waals surface area contributed by atoms with Crippen LogP contribution in [0.25, 0.3) is 10.4 Å². The van der Waals surface area contributed by atoms with Gasteiger partial charge in [0, 0.05) is 55.3 Å². The predicted octanol–water partition coefficient (Wildman–Crippen LogP) is 3.20. The molecule has 1 aliphatic heterocycles. The van der Waals surface area contributed by atoms with E-state index in [0.717, 1.165) is 11.1 Å². The molecule has 1 aromatic carbocycles. The van der Waals surface area contributed by atoms with Crippen molar-refractivity contribution >= 4 is 29.0 Å². The monoisotopic (exact) mass is 466 g/mol. The number of para-hydroxylation sites is 1. The second-order valence-electron chi connectivity index (χ2n) is 7.96. The Balaban J connectivity index is 0.000000323. The Morgan fingerprint density at radius 2 is 1.82 bits per heavy atom. The molecule has 1 saturated heterocycles. The lowest BCUT2D eigenvalue weighted by Crippen LogP contribution is -2.42. The number of pyridine rings is 1. The first-order valence-corrected chi connectivity index (χ1v) is 11.4. The summed E-state index contributed by atoms with van der Waals surface area (Å²) < 4.78 is 5.05. The van der Waals surface area contributed by atoms with E-state index in [4.69, 9.17) is 15.9 Å². The molecule has 1 fully saturated rings. The summed E-state index contributed by atoms with van der Waals surface area (Å²) in [6.07, 6.45) is 2.31. The van der Waals surface area contributed by atoms with Gasteiger partial charge >= 0.3 is 0 Å². The maximum absolute atomic E-state index is 11.4. The van der Waals surface area contributed by atoms with E-state index < -0.39 is 0 Å². The van der Waals surface area contributed by atoms with Gasteiger partial charge in [-0.05, 0) is 32.6 Å². The zero-order valence-corrected chi connectivity index (χ0v) is 20.3. The van der Waals surface area contributed by atoms with Gasteiger partial charge in [0.25, 0.3) is 0 Å². The Labute approximate surface area is 198 Å². The number of rotatable bonds is 5. The molecule has 33 heavy (non-hydrogen) atoms. The van der Waals surface area contributed by atoms with Crippen molar-refractivity contribution in [3.05, 3.63) is 58.4 Å². The summed E-state index contributed by atoms with van der Waals surface area (Å²) >= 11 is 1.26. The normalized spacial score (nSPS) is 14.3. The van der Waals surface area contributed by atoms with Crippen LogP contribution in [0.2, 0.25) is 0 Å². The number of aryl methyl sites for hydroxylation is 1. The number of likely N-dealkylation sites (N-methyl/N-ethyl adjacent to an activating group) is 2. The highest BCUT2D eigenvalue weighted by atomic mass is 32.1. The van der Waals surface area contributed by atoms with Crippen molar-refractivity contribution in [3.8, 4) is 16.3 Å². The van der Waals surface area contributed by atoms with Crippen LogP contribution >= 0.6 is 11.3 Å². The standard InChI is InChI=1S/C18H16N4O2S.C6H14N2/c1-10-4-3-5-12(15(10)19)16(20)18-22-13(9-23)17(25-18)11-6-7-14(24-2)21-8-11;1-7-3-5-8(2)6-4-7/h3-9,20H,19H2,1-2H3;3-6H2,1-2H3. The van der Waals surface area contributed by atoms with E-state index in [1.54, 1.807) is 24.4 Å². The third-order valence-electron chi connectivity index (χ3n) is 5.51. The van der Waals surface area contributed by atoms with Gasteiger partial charge in [-0.1, -0.05) is 18.2 Å². The number of carbonyl (C=O) groups is 1. The van der Waals surface area contributed by atoms with Crippen LogP contribution in [0.1, 0.15) is 26.6 Å². The zero-order chi connectivity index (χ0) is 24.0. The quantitative estimate of drug-likeness (QED) is 0.338. The number of benzene rings is 1. The summed E-state index contributed by atoms with van der Waals surface area (Å²) in [7, 11) is 5.89. The van der Waals surface area contributed by atoms with Gasteiger partial charge < -0.3 is 20.3 Å². The van der Waals surface area contributed by atoms with Gasteiger partial charge in [0.05, 0.1) is 17.7 Å². The average molecular weight is 467 g/mol. The first kappa shape index (κ1) is 24.5. The number of hydrogen-bond acceptors (Lipinski definition) is 9. The maximum atomic E-state index is 11.4. The SMILES string of the molecule is CN1CCN(C)CC1.COc1ccc(-c2sc(C(=N)c3cccc(C)c3N)nc2C=O)cn1. The maximum Gasteiger partial charge on any atom is 0.212 e. The summed E-state index contributed by atoms with van der Waals surface area (Å²) in [6.45, 7) is 6.82. The van der Waals surface area contributed by atoms with Crippen molar-refractivity contribution < 1.29 is 9.53 Å². The van der Waals surface area contributed by atoms with Gasteiger partial charge in [-0.25, -0.2) is 9.97 Å². The number of nitrogens with one attached hydrogen (secondary N) is 1. The molecule has 0 atom stereocenters. The number of methoxy groups -OCH3 is 1. The Hall–Kier alpha value is -3.14. The lowest BCUT2D eigenvalue weighted by atomic mass is 10.0. The van der Waals surface area contributed by atoms with Gasteiger partial charge in [-0.15, -0.1) is 11.3 Å². The first-order chi connectivity index (χ1) is 15.8. The molecule has 3 heterocycles. The molecule has 3 aromatic rings. The van der Waals surface area contributed by atoms with Crippen molar-refractivity contribution in [2.75, 3.05) is 53.1 Å². The van der Waals surface area contributed by atoms with Crippen LogP contribution in [0, 0.1) is 12.3 Å². The molecule has 0 spiro atoms. The van der Waals surface area contributed by atoms with Gasteiger partial charge in [0.15, 0.2) is 6.29 Å². The molecule has 0 amide bonds. The number of anilines is 1. The number of nitrogen functional groups attached to an aromatic ring is 1. The summed E-state index contributed by atoms with van der Waals surface area (Å²) in [4.78, 5) is 25.3. The summed E-state index contributed by atoms with van der Waals surface area (Å²) in [5.41, 5.74) is 9.35. The lowest BCUT2D eigenvalue weighted by Gasteiger charge is -2.28. The second kappa shape index (κ2) is 11.1.